The van der Waals surface area contributed by atoms with Gasteiger partial charge in [0.15, 0.2) is 0 Å². The van der Waals surface area contributed by atoms with Crippen molar-refractivity contribution in [1.82, 2.24) is 10.2 Å². The molecule has 114 valence electrons. The lowest BCUT2D eigenvalue weighted by atomic mass is 9.93. The quantitative estimate of drug-likeness (QED) is 0.762. The molecule has 1 rings (SSSR count). The zero-order valence-electron chi connectivity index (χ0n) is 12.6. The number of hydrogen-bond acceptors (Lipinski definition) is 3. The van der Waals surface area contributed by atoms with Crippen LogP contribution in [0.1, 0.15) is 47.0 Å². The highest BCUT2D eigenvalue weighted by atomic mass is 16.4. The van der Waals surface area contributed by atoms with Crippen molar-refractivity contribution in [2.45, 2.75) is 58.5 Å². The van der Waals surface area contributed by atoms with Gasteiger partial charge in [0, 0.05) is 24.5 Å². The van der Waals surface area contributed by atoms with Gasteiger partial charge < -0.3 is 15.3 Å². The molecule has 6 nitrogen and oxygen atoms in total. The second-order valence-electron chi connectivity index (χ2n) is 6.01. The highest BCUT2D eigenvalue weighted by molar-refractivity contribution is 5.90. The van der Waals surface area contributed by atoms with Crippen LogP contribution in [0.4, 0.5) is 0 Å². The number of amides is 2. The van der Waals surface area contributed by atoms with Crippen LogP contribution in [0, 0.1) is 5.92 Å². The molecule has 0 spiro atoms. The molecule has 1 aliphatic heterocycles. The molecule has 20 heavy (non-hydrogen) atoms. The molecular weight excluding hydrogens is 260 g/mol. The van der Waals surface area contributed by atoms with Crippen LogP contribution in [0.3, 0.4) is 0 Å². The molecule has 2 amide bonds. The standard InChI is InChI=1S/C14H24N2O4/c1-5-14(4,7-12(18)19)15-13(20)10-6-11(17)16(8-10)9(2)3/h9-10H,5-8H2,1-4H3,(H,15,20)(H,18,19)/t10-,14-/m0/s1. The number of carbonyl (C=O) groups excluding carboxylic acids is 2. The maximum absolute atomic E-state index is 12.2. The van der Waals surface area contributed by atoms with E-state index in [9.17, 15) is 14.4 Å². The number of nitrogens with zero attached hydrogens (tertiary/aromatic N) is 1. The topological polar surface area (TPSA) is 86.7 Å². The number of nitrogens with one attached hydrogen (secondary N) is 1. The minimum atomic E-state index is -0.944. The summed E-state index contributed by atoms with van der Waals surface area (Å²) in [5.74, 6) is -1.57. The molecule has 0 aliphatic carbocycles. The van der Waals surface area contributed by atoms with Crippen molar-refractivity contribution < 1.29 is 19.5 Å². The largest absolute Gasteiger partial charge is 0.481 e. The Labute approximate surface area is 119 Å². The highest BCUT2D eigenvalue weighted by Crippen LogP contribution is 2.22. The predicted molar refractivity (Wildman–Crippen MR) is 74.0 cm³/mol. The molecule has 0 saturated carbocycles. The van der Waals surface area contributed by atoms with Crippen LogP contribution in [-0.4, -0.2) is 45.9 Å². The van der Waals surface area contributed by atoms with Crippen molar-refractivity contribution in [3.8, 4) is 0 Å². The van der Waals surface area contributed by atoms with Gasteiger partial charge in [-0.25, -0.2) is 0 Å². The number of carboxylic acid groups (broad SMARTS) is 1. The fourth-order valence-electron chi connectivity index (χ4n) is 2.40. The van der Waals surface area contributed by atoms with Crippen LogP contribution in [0.5, 0.6) is 0 Å². The SMILES string of the molecule is CC[C@@](C)(CC(=O)O)NC(=O)[C@H]1CC(=O)N(C(C)C)C1. The third-order valence-electron chi connectivity index (χ3n) is 3.90. The maximum Gasteiger partial charge on any atom is 0.305 e. The summed E-state index contributed by atoms with van der Waals surface area (Å²) in [6, 6.07) is 0.0804. The molecule has 0 bridgehead atoms. The monoisotopic (exact) mass is 284 g/mol. The summed E-state index contributed by atoms with van der Waals surface area (Å²) < 4.78 is 0. The van der Waals surface area contributed by atoms with Gasteiger partial charge in [0.1, 0.15) is 0 Å². The van der Waals surface area contributed by atoms with Crippen LogP contribution in [-0.2, 0) is 14.4 Å². The predicted octanol–water partition coefficient (Wildman–Crippen LogP) is 1.00. The van der Waals surface area contributed by atoms with Gasteiger partial charge in [0.25, 0.3) is 0 Å². The Morgan fingerprint density at radius 3 is 2.50 bits per heavy atom. The molecular formula is C14H24N2O4. The number of aliphatic carboxylic acids is 1. The van der Waals surface area contributed by atoms with Crippen LogP contribution in [0.25, 0.3) is 0 Å². The van der Waals surface area contributed by atoms with Gasteiger partial charge in [0.05, 0.1) is 12.3 Å². The summed E-state index contributed by atoms with van der Waals surface area (Å²) >= 11 is 0. The van der Waals surface area contributed by atoms with Crippen molar-refractivity contribution in [2.75, 3.05) is 6.54 Å². The summed E-state index contributed by atoms with van der Waals surface area (Å²) in [5, 5.41) is 11.7. The third kappa shape index (κ3) is 3.95. The summed E-state index contributed by atoms with van der Waals surface area (Å²) in [4.78, 5) is 36.6. The molecule has 0 aromatic carbocycles. The lowest BCUT2D eigenvalue weighted by Crippen LogP contribution is -2.49. The number of rotatable bonds is 6. The van der Waals surface area contributed by atoms with Gasteiger partial charge in [-0.2, -0.15) is 0 Å². The Morgan fingerprint density at radius 2 is 2.10 bits per heavy atom. The van der Waals surface area contributed by atoms with E-state index in [4.69, 9.17) is 5.11 Å². The third-order valence-corrected chi connectivity index (χ3v) is 3.90. The Kier molecular flexibility index (Phi) is 5.14. The van der Waals surface area contributed by atoms with E-state index in [1.807, 2.05) is 20.8 Å². The van der Waals surface area contributed by atoms with Gasteiger partial charge in [-0.05, 0) is 27.2 Å². The molecule has 1 fully saturated rings. The molecule has 2 N–H and O–H groups in total. The van der Waals surface area contributed by atoms with E-state index in [1.54, 1.807) is 11.8 Å². The molecule has 1 aliphatic rings. The van der Waals surface area contributed by atoms with Crippen molar-refractivity contribution in [1.29, 1.82) is 0 Å². The second-order valence-corrected chi connectivity index (χ2v) is 6.01. The first kappa shape index (κ1) is 16.5. The molecule has 0 aromatic heterocycles. The number of hydrogen-bond donors (Lipinski definition) is 2. The van der Waals surface area contributed by atoms with Gasteiger partial charge >= 0.3 is 5.97 Å². The molecule has 1 saturated heterocycles. The lowest BCUT2D eigenvalue weighted by molar-refractivity contribution is -0.139. The summed E-state index contributed by atoms with van der Waals surface area (Å²) in [6.45, 7) is 7.80. The summed E-state index contributed by atoms with van der Waals surface area (Å²) in [6.07, 6.45) is 0.611. The second kappa shape index (κ2) is 6.24. The Bertz CT molecular complexity index is 408. The first-order chi connectivity index (χ1) is 9.18. The Morgan fingerprint density at radius 1 is 1.50 bits per heavy atom. The van der Waals surface area contributed by atoms with Crippen LogP contribution >= 0.6 is 0 Å². The average molecular weight is 284 g/mol. The van der Waals surface area contributed by atoms with Gasteiger partial charge in [-0.1, -0.05) is 6.92 Å². The number of likely N-dealkylation sites (tertiary alicyclic amines) is 1. The zero-order valence-corrected chi connectivity index (χ0v) is 12.6. The minimum absolute atomic E-state index is 0.0170. The van der Waals surface area contributed by atoms with E-state index in [0.29, 0.717) is 13.0 Å². The molecule has 1 heterocycles. The zero-order chi connectivity index (χ0) is 15.5. The average Bonchev–Trinajstić information content (AvgIpc) is 2.70. The van der Waals surface area contributed by atoms with Gasteiger partial charge in [-0.15, -0.1) is 0 Å². The first-order valence-corrected chi connectivity index (χ1v) is 7.02. The fourth-order valence-corrected chi connectivity index (χ4v) is 2.40. The Hall–Kier alpha value is -1.59. The smallest absolute Gasteiger partial charge is 0.305 e. The summed E-state index contributed by atoms with van der Waals surface area (Å²) in [5.41, 5.74) is -0.767. The van der Waals surface area contributed by atoms with Crippen molar-refractivity contribution in [2.24, 2.45) is 5.92 Å². The number of carboxylic acids is 1. The van der Waals surface area contributed by atoms with Crippen molar-refractivity contribution >= 4 is 17.8 Å². The normalized spacial score (nSPS) is 21.9. The van der Waals surface area contributed by atoms with E-state index in [2.05, 4.69) is 5.32 Å². The van der Waals surface area contributed by atoms with Crippen LogP contribution in [0.2, 0.25) is 0 Å². The maximum atomic E-state index is 12.2. The van der Waals surface area contributed by atoms with E-state index < -0.39 is 11.5 Å². The molecule has 6 heteroatoms. The molecule has 2 atom stereocenters. The molecule has 0 aromatic rings. The minimum Gasteiger partial charge on any atom is -0.481 e. The van der Waals surface area contributed by atoms with E-state index in [0.717, 1.165) is 0 Å². The first-order valence-electron chi connectivity index (χ1n) is 7.02. The van der Waals surface area contributed by atoms with Gasteiger partial charge in [0.2, 0.25) is 11.8 Å². The lowest BCUT2D eigenvalue weighted by Gasteiger charge is -2.29. The van der Waals surface area contributed by atoms with E-state index in [-0.39, 0.29) is 36.6 Å². The van der Waals surface area contributed by atoms with Crippen molar-refractivity contribution in [3.63, 3.8) is 0 Å². The molecule has 0 radical (unpaired) electrons. The highest BCUT2D eigenvalue weighted by Gasteiger charge is 2.38. The van der Waals surface area contributed by atoms with Gasteiger partial charge in [-0.3, -0.25) is 14.4 Å². The molecule has 0 unspecified atom stereocenters. The van der Waals surface area contributed by atoms with E-state index >= 15 is 0 Å². The number of carbonyl (C=O) groups is 3. The fraction of sp³-hybridized carbons (Fsp3) is 0.786. The van der Waals surface area contributed by atoms with Crippen LogP contribution < -0.4 is 5.32 Å². The summed E-state index contributed by atoms with van der Waals surface area (Å²) in [7, 11) is 0. The van der Waals surface area contributed by atoms with Crippen molar-refractivity contribution in [3.05, 3.63) is 0 Å². The van der Waals surface area contributed by atoms with E-state index in [1.165, 1.54) is 0 Å². The van der Waals surface area contributed by atoms with Crippen LogP contribution in [0.15, 0.2) is 0 Å². The Balaban J connectivity index is 2.67.